The third-order valence-corrected chi connectivity index (χ3v) is 10.3. The molecule has 0 unspecified atom stereocenters. The first kappa shape index (κ1) is 29.7. The number of rotatable bonds is 5. The van der Waals surface area contributed by atoms with Crippen LogP contribution in [0.2, 0.25) is 0 Å². The highest BCUT2D eigenvalue weighted by atomic mass is 16.3. The van der Waals surface area contributed by atoms with Crippen molar-refractivity contribution < 1.29 is 5.11 Å². The van der Waals surface area contributed by atoms with Gasteiger partial charge in [-0.05, 0) is 71.5 Å². The molecule has 0 fully saturated rings. The van der Waals surface area contributed by atoms with Gasteiger partial charge in [0.1, 0.15) is 31.4 Å². The van der Waals surface area contributed by atoms with Crippen LogP contribution >= 0.6 is 0 Å². The zero-order valence-electron chi connectivity index (χ0n) is 27.6. The van der Waals surface area contributed by atoms with Crippen LogP contribution in [0.4, 0.5) is 0 Å². The molecule has 218 valence electrons. The first-order chi connectivity index (χ1) is 22.1. The Morgan fingerprint density at radius 2 is 1.43 bits per heavy atom. The molecule has 3 nitrogen and oxygen atoms in total. The summed E-state index contributed by atoms with van der Waals surface area (Å²) in [5.74, 6) is 0. The highest BCUT2D eigenvalue weighted by Crippen LogP contribution is 2.43. The van der Waals surface area contributed by atoms with Gasteiger partial charge < -0.3 is 14.2 Å². The van der Waals surface area contributed by atoms with Crippen molar-refractivity contribution >= 4 is 117 Å². The average Bonchev–Trinajstić information content (AvgIpc) is 3.67. The number of fused-ring (bicyclic) bond motifs is 7. The lowest BCUT2D eigenvalue weighted by molar-refractivity contribution is 0.452. The molecule has 46 heavy (non-hydrogen) atoms. The highest BCUT2D eigenvalue weighted by Gasteiger charge is 2.29. The van der Waals surface area contributed by atoms with Crippen molar-refractivity contribution in [1.29, 1.82) is 0 Å². The largest absolute Gasteiger partial charge is 0.521 e. The molecule has 1 N–H and O–H groups in total. The summed E-state index contributed by atoms with van der Waals surface area (Å²) in [6, 6.07) is 21.7. The minimum Gasteiger partial charge on any atom is -0.521 e. The van der Waals surface area contributed by atoms with E-state index >= 15 is 0 Å². The first-order valence-electron chi connectivity index (χ1n) is 16.0. The van der Waals surface area contributed by atoms with E-state index in [1.54, 1.807) is 13.9 Å². The molecule has 0 saturated carbocycles. The molecule has 0 amide bonds. The van der Waals surface area contributed by atoms with E-state index in [9.17, 15) is 5.11 Å². The van der Waals surface area contributed by atoms with Gasteiger partial charge in [0.05, 0.1) is 33.4 Å². The third kappa shape index (κ3) is 4.27. The summed E-state index contributed by atoms with van der Waals surface area (Å²) < 4.78 is 4.52. The maximum absolute atomic E-state index is 11.5. The number of aliphatic hydroxyl groups is 1. The van der Waals surface area contributed by atoms with Gasteiger partial charge in [-0.2, -0.15) is 0 Å². The number of aromatic nitrogens is 2. The summed E-state index contributed by atoms with van der Waals surface area (Å²) in [6.45, 7) is 10.7. The molecule has 0 bridgehead atoms. The molecule has 8 heteroatoms. The second-order valence-electron chi connectivity index (χ2n) is 12.6. The Bertz CT molecular complexity index is 2450. The van der Waals surface area contributed by atoms with Crippen LogP contribution in [0.5, 0.6) is 0 Å². The van der Waals surface area contributed by atoms with E-state index in [1.165, 1.54) is 49.4 Å². The fraction of sp³-hybridized carbons (Fsp3) is 0.0526. The Balaban J connectivity index is 1.54. The van der Waals surface area contributed by atoms with Crippen molar-refractivity contribution in [3.8, 4) is 0 Å². The molecular weight excluding hydrogens is 554 g/mol. The van der Waals surface area contributed by atoms with Gasteiger partial charge in [0.15, 0.2) is 7.85 Å². The molecule has 1 aliphatic rings. The fourth-order valence-corrected chi connectivity index (χ4v) is 7.70. The Labute approximate surface area is 275 Å². The van der Waals surface area contributed by atoms with Crippen LogP contribution in [0.15, 0.2) is 115 Å². The second-order valence-corrected chi connectivity index (χ2v) is 12.6. The lowest BCUT2D eigenvalue weighted by Crippen LogP contribution is -2.42. The smallest absolute Gasteiger partial charge is 0.188 e. The van der Waals surface area contributed by atoms with Gasteiger partial charge >= 0.3 is 0 Å². The van der Waals surface area contributed by atoms with Crippen LogP contribution in [0, 0.1) is 6.92 Å². The Morgan fingerprint density at radius 3 is 2.13 bits per heavy atom. The van der Waals surface area contributed by atoms with Crippen molar-refractivity contribution in [3.63, 3.8) is 0 Å². The van der Waals surface area contributed by atoms with Crippen LogP contribution in [0.25, 0.3) is 61.1 Å². The van der Waals surface area contributed by atoms with Crippen LogP contribution in [0.1, 0.15) is 16.7 Å². The lowest BCUT2D eigenvalue weighted by atomic mass is 9.67. The standard InChI is InChI=1S/C38H35B5N2O/c1-4-5-6-11-16-44-28-14-9-7-12-22(28)25-18-26-23-13-8-10-15-29(23)45(31(26)19-30(25)44)37(38(43)46)35(41)24-17-27-32(20(24)2)21(3)33(39)36(42)34(27)40/h4-16,18-19,46H,1-2,17,39-43H2,3H3/b6-5-,16-11+,35-24+,38-37-. The van der Waals surface area contributed by atoms with Crippen molar-refractivity contribution in [2.24, 2.45) is 0 Å². The number of allylic oxidation sites excluding steroid dienone is 8. The second kappa shape index (κ2) is 11.1. The van der Waals surface area contributed by atoms with Gasteiger partial charge in [0, 0.05) is 27.7 Å². The molecule has 0 radical (unpaired) electrons. The van der Waals surface area contributed by atoms with E-state index < -0.39 is 0 Å². The van der Waals surface area contributed by atoms with E-state index in [0.29, 0.717) is 0 Å². The molecule has 0 spiro atoms. The van der Waals surface area contributed by atoms with Gasteiger partial charge in [-0.1, -0.05) is 84.2 Å². The monoisotopic (exact) mass is 590 g/mol. The predicted molar refractivity (Wildman–Crippen MR) is 216 cm³/mol. The van der Waals surface area contributed by atoms with Crippen LogP contribution in [-0.2, 0) is 6.42 Å². The van der Waals surface area contributed by atoms with Gasteiger partial charge in [0.25, 0.3) is 0 Å². The minimum atomic E-state index is 0.285. The Kier molecular flexibility index (Phi) is 7.20. The van der Waals surface area contributed by atoms with E-state index in [4.69, 9.17) is 0 Å². The molecule has 6 aromatic rings. The van der Waals surface area contributed by atoms with Gasteiger partial charge in [0.2, 0.25) is 0 Å². The van der Waals surface area contributed by atoms with Gasteiger partial charge in [-0.3, -0.25) is 0 Å². The molecule has 0 aliphatic heterocycles. The molecule has 7 rings (SSSR count). The number of hydrogen-bond acceptors (Lipinski definition) is 1. The molecular formula is C38H35B5N2O. The zero-order valence-corrected chi connectivity index (χ0v) is 27.6. The third-order valence-electron chi connectivity index (χ3n) is 10.3. The van der Waals surface area contributed by atoms with Crippen molar-refractivity contribution in [3.05, 3.63) is 132 Å². The number of nitrogens with zero attached hydrogens (tertiary/aromatic N) is 2. The molecule has 0 atom stereocenters. The van der Waals surface area contributed by atoms with Gasteiger partial charge in [-0.25, -0.2) is 0 Å². The number of aliphatic hydroxyl groups excluding tert-OH is 1. The molecule has 2 heterocycles. The van der Waals surface area contributed by atoms with Crippen molar-refractivity contribution in [2.45, 2.75) is 13.3 Å². The predicted octanol–water partition coefficient (Wildman–Crippen LogP) is 2.67. The molecule has 4 aromatic carbocycles. The summed E-state index contributed by atoms with van der Waals surface area (Å²) >= 11 is 0. The van der Waals surface area contributed by atoms with Crippen molar-refractivity contribution in [1.82, 2.24) is 9.13 Å². The van der Waals surface area contributed by atoms with Crippen molar-refractivity contribution in [2.75, 3.05) is 0 Å². The summed E-state index contributed by atoms with van der Waals surface area (Å²) in [4.78, 5) is 0. The number of hydrogen-bond donors (Lipinski definition) is 1. The molecule has 1 aliphatic carbocycles. The normalized spacial score (nSPS) is 15.2. The van der Waals surface area contributed by atoms with E-state index in [1.807, 2.05) is 18.2 Å². The average molecular weight is 590 g/mol. The Morgan fingerprint density at radius 1 is 0.783 bits per heavy atom. The van der Waals surface area contributed by atoms with E-state index in [-0.39, 0.29) is 5.66 Å². The molecule has 0 saturated heterocycles. The summed E-state index contributed by atoms with van der Waals surface area (Å²) in [5, 5.41) is 16.3. The van der Waals surface area contributed by atoms with Crippen LogP contribution < -0.4 is 16.4 Å². The maximum Gasteiger partial charge on any atom is 0.188 e. The van der Waals surface area contributed by atoms with E-state index in [0.717, 1.165) is 56.0 Å². The topological polar surface area (TPSA) is 30.1 Å². The maximum atomic E-state index is 11.5. The van der Waals surface area contributed by atoms with E-state index in [2.05, 4.69) is 127 Å². The Hall–Kier alpha value is -4.96. The summed E-state index contributed by atoms with van der Waals surface area (Å²) in [6.07, 6.45) is 10.7. The van der Waals surface area contributed by atoms with Gasteiger partial charge in [-0.15, -0.1) is 5.46 Å². The van der Waals surface area contributed by atoms with Crippen LogP contribution in [0.3, 0.4) is 0 Å². The first-order valence-corrected chi connectivity index (χ1v) is 16.0. The fourth-order valence-electron chi connectivity index (χ4n) is 7.70. The minimum absolute atomic E-state index is 0.285. The highest BCUT2D eigenvalue weighted by molar-refractivity contribution is 6.58. The zero-order chi connectivity index (χ0) is 32.4. The SMILES string of the molecule is B/C(O)=C(\C(B)=C1\Cc2c(B)c(B)c(B)c(C)c2C1=C)n1c2ccccc2c2cc3c4ccccc4n(/C=C/C=C\C=C)c3cc21. The summed E-state index contributed by atoms with van der Waals surface area (Å²) in [5.41, 5.74) is 16.7. The number of benzene rings is 4. The summed E-state index contributed by atoms with van der Waals surface area (Å²) in [7, 11) is 10.6. The lowest BCUT2D eigenvalue weighted by Gasteiger charge is -2.18. The number of para-hydroxylation sites is 2. The van der Waals surface area contributed by atoms with Crippen LogP contribution in [-0.4, -0.2) is 53.5 Å². The molecule has 2 aromatic heterocycles. The quantitative estimate of drug-likeness (QED) is 0.187.